The molecule has 4 heteroatoms. The Kier molecular flexibility index (Phi) is 5.04. The van der Waals surface area contributed by atoms with Crippen LogP contribution in [0.1, 0.15) is 19.4 Å². The normalized spacial score (nSPS) is 11.8. The van der Waals surface area contributed by atoms with Gasteiger partial charge < -0.3 is 15.4 Å². The average molecular weight is 285 g/mol. The van der Waals surface area contributed by atoms with Gasteiger partial charge in [0.05, 0.1) is 6.10 Å². The molecule has 2 aromatic carbocycles. The third kappa shape index (κ3) is 3.66. The Hall–Kier alpha value is -2.23. The van der Waals surface area contributed by atoms with E-state index in [2.05, 4.69) is 46.0 Å². The van der Waals surface area contributed by atoms with E-state index in [0.717, 1.165) is 17.3 Å². The predicted molar refractivity (Wildman–Crippen MR) is 89.0 cm³/mol. The number of aliphatic imine (C=N–C) groups is 1. The maximum atomic E-state index is 5.95. The van der Waals surface area contributed by atoms with Crippen molar-refractivity contribution in [2.24, 2.45) is 4.99 Å². The van der Waals surface area contributed by atoms with E-state index in [4.69, 9.17) is 4.74 Å². The van der Waals surface area contributed by atoms with Crippen LogP contribution in [0.4, 0.5) is 0 Å². The molecule has 0 saturated carbocycles. The molecule has 0 bridgehead atoms. The van der Waals surface area contributed by atoms with E-state index in [9.17, 15) is 0 Å². The molecule has 0 heterocycles. The third-order valence-electron chi connectivity index (χ3n) is 3.25. The number of guanidine groups is 1. The van der Waals surface area contributed by atoms with E-state index in [1.807, 2.05) is 27.0 Å². The first-order chi connectivity index (χ1) is 10.2. The molecule has 21 heavy (non-hydrogen) atoms. The lowest BCUT2D eigenvalue weighted by Gasteiger charge is -2.17. The van der Waals surface area contributed by atoms with E-state index in [-0.39, 0.29) is 6.10 Å². The molecule has 0 atom stereocenters. The highest BCUT2D eigenvalue weighted by atomic mass is 16.5. The molecular weight excluding hydrogens is 262 g/mol. The lowest BCUT2D eigenvalue weighted by molar-refractivity contribution is 0.240. The van der Waals surface area contributed by atoms with Crippen LogP contribution in [0.2, 0.25) is 0 Å². The molecule has 4 nitrogen and oxygen atoms in total. The highest BCUT2D eigenvalue weighted by Crippen LogP contribution is 2.28. The number of nitrogens with one attached hydrogen (secondary N) is 2. The van der Waals surface area contributed by atoms with Crippen molar-refractivity contribution in [2.45, 2.75) is 26.5 Å². The number of ether oxygens (including phenoxy) is 1. The summed E-state index contributed by atoms with van der Waals surface area (Å²) in [6, 6.07) is 12.5. The maximum Gasteiger partial charge on any atom is 0.190 e. The summed E-state index contributed by atoms with van der Waals surface area (Å²) in [4.78, 5) is 4.15. The minimum absolute atomic E-state index is 0.147. The van der Waals surface area contributed by atoms with Crippen LogP contribution in [0.5, 0.6) is 5.75 Å². The zero-order valence-electron chi connectivity index (χ0n) is 13.1. The van der Waals surface area contributed by atoms with Crippen molar-refractivity contribution in [3.05, 3.63) is 42.0 Å². The van der Waals surface area contributed by atoms with Crippen LogP contribution in [-0.4, -0.2) is 26.2 Å². The van der Waals surface area contributed by atoms with Crippen molar-refractivity contribution >= 4 is 16.7 Å². The van der Waals surface area contributed by atoms with Crippen LogP contribution in [0.3, 0.4) is 0 Å². The van der Waals surface area contributed by atoms with Crippen LogP contribution in [-0.2, 0) is 6.54 Å². The highest BCUT2D eigenvalue weighted by Gasteiger charge is 2.10. The van der Waals surface area contributed by atoms with E-state index in [1.54, 1.807) is 7.05 Å². The van der Waals surface area contributed by atoms with Crippen molar-refractivity contribution in [1.29, 1.82) is 0 Å². The summed E-state index contributed by atoms with van der Waals surface area (Å²) in [5.74, 6) is 1.68. The van der Waals surface area contributed by atoms with E-state index >= 15 is 0 Å². The van der Waals surface area contributed by atoms with Crippen LogP contribution < -0.4 is 15.4 Å². The number of benzene rings is 2. The van der Waals surface area contributed by atoms with Crippen molar-refractivity contribution in [3.63, 3.8) is 0 Å². The zero-order valence-corrected chi connectivity index (χ0v) is 13.1. The fourth-order valence-electron chi connectivity index (χ4n) is 2.31. The molecule has 2 N–H and O–H groups in total. The Morgan fingerprint density at radius 1 is 1.19 bits per heavy atom. The van der Waals surface area contributed by atoms with Gasteiger partial charge in [0.1, 0.15) is 5.75 Å². The third-order valence-corrected chi connectivity index (χ3v) is 3.25. The van der Waals surface area contributed by atoms with Gasteiger partial charge in [-0.3, -0.25) is 4.99 Å². The van der Waals surface area contributed by atoms with Gasteiger partial charge in [-0.25, -0.2) is 0 Å². The Labute approximate surface area is 126 Å². The second-order valence-electron chi connectivity index (χ2n) is 5.11. The summed E-state index contributed by atoms with van der Waals surface area (Å²) in [6.07, 6.45) is 0.147. The first-order valence-electron chi connectivity index (χ1n) is 7.21. The van der Waals surface area contributed by atoms with Gasteiger partial charge in [0.2, 0.25) is 0 Å². The molecule has 0 aromatic heterocycles. The second-order valence-corrected chi connectivity index (χ2v) is 5.11. The van der Waals surface area contributed by atoms with Crippen LogP contribution >= 0.6 is 0 Å². The number of rotatable bonds is 4. The molecule has 2 aromatic rings. The molecule has 0 aliphatic rings. The zero-order chi connectivity index (χ0) is 15.2. The predicted octanol–water partition coefficient (Wildman–Crippen LogP) is 2.92. The van der Waals surface area contributed by atoms with Crippen molar-refractivity contribution in [2.75, 3.05) is 14.1 Å². The minimum Gasteiger partial charge on any atom is -0.491 e. The number of hydrogen-bond donors (Lipinski definition) is 2. The van der Waals surface area contributed by atoms with Crippen LogP contribution in [0.15, 0.2) is 41.4 Å². The quantitative estimate of drug-likeness (QED) is 0.670. The number of hydrogen-bond acceptors (Lipinski definition) is 2. The molecule has 0 saturated heterocycles. The average Bonchev–Trinajstić information content (AvgIpc) is 2.49. The largest absolute Gasteiger partial charge is 0.491 e. The lowest BCUT2D eigenvalue weighted by atomic mass is 10.0. The van der Waals surface area contributed by atoms with Crippen molar-refractivity contribution < 1.29 is 4.74 Å². The topological polar surface area (TPSA) is 45.7 Å². The van der Waals surface area contributed by atoms with Gasteiger partial charge in [-0.2, -0.15) is 0 Å². The molecule has 0 fully saturated rings. The SMILES string of the molecule is CN=C(NC)NCc1c(OC(C)C)ccc2ccccc12. The van der Waals surface area contributed by atoms with Crippen molar-refractivity contribution in [3.8, 4) is 5.75 Å². The van der Waals surface area contributed by atoms with E-state index < -0.39 is 0 Å². The first-order valence-corrected chi connectivity index (χ1v) is 7.21. The van der Waals surface area contributed by atoms with E-state index in [0.29, 0.717) is 6.54 Å². The molecule has 0 unspecified atom stereocenters. The summed E-state index contributed by atoms with van der Waals surface area (Å²) >= 11 is 0. The molecule has 0 aliphatic carbocycles. The Balaban J connectivity index is 2.40. The van der Waals surface area contributed by atoms with Crippen molar-refractivity contribution in [1.82, 2.24) is 10.6 Å². The van der Waals surface area contributed by atoms with Gasteiger partial charge >= 0.3 is 0 Å². The number of nitrogens with zero attached hydrogens (tertiary/aromatic N) is 1. The number of fused-ring (bicyclic) bond motifs is 1. The highest BCUT2D eigenvalue weighted by molar-refractivity contribution is 5.88. The van der Waals surface area contributed by atoms with Gasteiger partial charge in [-0.1, -0.05) is 30.3 Å². The van der Waals surface area contributed by atoms with Crippen LogP contribution in [0, 0.1) is 0 Å². The standard InChI is InChI=1S/C17H23N3O/c1-12(2)21-16-10-9-13-7-5-6-8-14(13)15(16)11-20-17(18-3)19-4/h5-10,12H,11H2,1-4H3,(H2,18,19,20). The van der Waals surface area contributed by atoms with Gasteiger partial charge in [0, 0.05) is 26.2 Å². The Morgan fingerprint density at radius 3 is 2.62 bits per heavy atom. The molecule has 0 spiro atoms. The molecule has 0 radical (unpaired) electrons. The van der Waals surface area contributed by atoms with Gasteiger partial charge in [-0.15, -0.1) is 0 Å². The first kappa shape index (κ1) is 15.2. The molecular formula is C17H23N3O. The summed E-state index contributed by atoms with van der Waals surface area (Å²) in [7, 11) is 3.61. The molecule has 2 rings (SSSR count). The monoisotopic (exact) mass is 285 g/mol. The summed E-state index contributed by atoms with van der Waals surface area (Å²) in [5, 5.41) is 8.74. The summed E-state index contributed by atoms with van der Waals surface area (Å²) in [6.45, 7) is 4.74. The molecule has 0 amide bonds. The summed E-state index contributed by atoms with van der Waals surface area (Å²) < 4.78 is 5.95. The second kappa shape index (κ2) is 6.97. The lowest BCUT2D eigenvalue weighted by Crippen LogP contribution is -2.34. The fourth-order valence-corrected chi connectivity index (χ4v) is 2.31. The van der Waals surface area contributed by atoms with Crippen LogP contribution in [0.25, 0.3) is 10.8 Å². The fraction of sp³-hybridized carbons (Fsp3) is 0.353. The smallest absolute Gasteiger partial charge is 0.190 e. The van der Waals surface area contributed by atoms with Gasteiger partial charge in [-0.05, 0) is 30.7 Å². The van der Waals surface area contributed by atoms with E-state index in [1.165, 1.54) is 10.8 Å². The van der Waals surface area contributed by atoms with Gasteiger partial charge in [0.25, 0.3) is 0 Å². The minimum atomic E-state index is 0.147. The molecule has 0 aliphatic heterocycles. The maximum absolute atomic E-state index is 5.95. The Morgan fingerprint density at radius 2 is 1.95 bits per heavy atom. The molecule has 112 valence electrons. The summed E-state index contributed by atoms with van der Waals surface area (Å²) in [5.41, 5.74) is 1.15. The Bertz CT molecular complexity index is 635. The van der Waals surface area contributed by atoms with Gasteiger partial charge in [0.15, 0.2) is 5.96 Å².